The van der Waals surface area contributed by atoms with Gasteiger partial charge in [-0.1, -0.05) is 48.6 Å². The summed E-state index contributed by atoms with van der Waals surface area (Å²) in [5, 5.41) is 2.41. The summed E-state index contributed by atoms with van der Waals surface area (Å²) in [5.41, 5.74) is 3.59. The second-order valence-electron chi connectivity index (χ2n) is 6.39. The van der Waals surface area contributed by atoms with Gasteiger partial charge in [0.05, 0.1) is 13.1 Å². The largest absolute Gasteiger partial charge is 0.365 e. The second kappa shape index (κ2) is 6.00. The number of fused-ring (bicyclic) bond motifs is 2. The van der Waals surface area contributed by atoms with Crippen molar-refractivity contribution in [3.05, 3.63) is 78.0 Å². The number of likely N-dealkylation sites (N-methyl/N-ethyl adjacent to an activating group) is 1. The number of carbonyl (C=O) groups is 1. The molecule has 1 aliphatic carbocycles. The highest BCUT2D eigenvalue weighted by Gasteiger charge is 2.23. The van der Waals surface area contributed by atoms with Gasteiger partial charge in [-0.15, -0.1) is 0 Å². The topological polar surface area (TPSA) is 23.6 Å². The molecule has 1 heterocycles. The Morgan fingerprint density at radius 3 is 2.79 bits per heavy atom. The second-order valence-corrected chi connectivity index (χ2v) is 6.39. The fourth-order valence-electron chi connectivity index (χ4n) is 3.28. The Labute approximate surface area is 142 Å². The van der Waals surface area contributed by atoms with E-state index in [1.54, 1.807) is 0 Å². The lowest BCUT2D eigenvalue weighted by atomic mass is 10.0. The van der Waals surface area contributed by atoms with Crippen LogP contribution in [0.4, 0.5) is 5.69 Å². The molecule has 24 heavy (non-hydrogen) atoms. The first-order valence-corrected chi connectivity index (χ1v) is 8.27. The van der Waals surface area contributed by atoms with Gasteiger partial charge in [-0.3, -0.25) is 4.79 Å². The predicted molar refractivity (Wildman–Crippen MR) is 98.9 cm³/mol. The van der Waals surface area contributed by atoms with Gasteiger partial charge in [0.15, 0.2) is 0 Å². The van der Waals surface area contributed by atoms with Gasteiger partial charge in [0, 0.05) is 18.9 Å². The lowest BCUT2D eigenvalue weighted by molar-refractivity contribution is -0.126. The van der Waals surface area contributed by atoms with Crippen LogP contribution >= 0.6 is 0 Å². The highest BCUT2D eigenvalue weighted by molar-refractivity contribution is 5.88. The van der Waals surface area contributed by atoms with Crippen molar-refractivity contribution >= 4 is 22.4 Å². The molecule has 3 heteroatoms. The fourth-order valence-corrected chi connectivity index (χ4v) is 3.28. The van der Waals surface area contributed by atoms with E-state index in [2.05, 4.69) is 48.6 Å². The molecule has 0 radical (unpaired) electrons. The molecule has 0 aromatic heterocycles. The minimum atomic E-state index is 0.133. The van der Waals surface area contributed by atoms with Crippen LogP contribution in [0.3, 0.4) is 0 Å². The van der Waals surface area contributed by atoms with E-state index >= 15 is 0 Å². The van der Waals surface area contributed by atoms with Crippen molar-refractivity contribution in [2.75, 3.05) is 25.0 Å². The molecule has 0 spiro atoms. The quantitative estimate of drug-likeness (QED) is 0.858. The summed E-state index contributed by atoms with van der Waals surface area (Å²) in [7, 11) is 1.97. The van der Waals surface area contributed by atoms with Crippen molar-refractivity contribution in [2.24, 2.45) is 0 Å². The maximum Gasteiger partial charge on any atom is 0.246 e. The third-order valence-corrected chi connectivity index (χ3v) is 4.70. The third kappa shape index (κ3) is 2.73. The summed E-state index contributed by atoms with van der Waals surface area (Å²) in [6, 6.07) is 14.6. The third-order valence-electron chi connectivity index (χ3n) is 4.70. The summed E-state index contributed by atoms with van der Waals surface area (Å²) < 4.78 is 0. The molecule has 4 rings (SSSR count). The van der Waals surface area contributed by atoms with E-state index in [1.807, 2.05) is 35.2 Å². The van der Waals surface area contributed by atoms with Crippen molar-refractivity contribution in [2.45, 2.75) is 6.42 Å². The van der Waals surface area contributed by atoms with Crippen molar-refractivity contribution in [3.63, 3.8) is 0 Å². The van der Waals surface area contributed by atoms with E-state index in [0.717, 1.165) is 12.1 Å². The molecule has 0 bridgehead atoms. The molecule has 0 unspecified atom stereocenters. The molecule has 0 saturated heterocycles. The van der Waals surface area contributed by atoms with Gasteiger partial charge >= 0.3 is 0 Å². The molecule has 120 valence electrons. The first kappa shape index (κ1) is 14.8. The Bertz CT molecular complexity index is 892. The van der Waals surface area contributed by atoms with E-state index < -0.39 is 0 Å². The minimum Gasteiger partial charge on any atom is -0.365 e. The van der Waals surface area contributed by atoms with Crippen LogP contribution in [0.15, 0.2) is 78.0 Å². The van der Waals surface area contributed by atoms with Crippen molar-refractivity contribution in [1.29, 1.82) is 0 Å². The molecule has 0 N–H and O–H groups in total. The van der Waals surface area contributed by atoms with Crippen LogP contribution in [-0.2, 0) is 4.79 Å². The van der Waals surface area contributed by atoms with Gasteiger partial charge < -0.3 is 9.80 Å². The Kier molecular flexibility index (Phi) is 3.69. The Balaban J connectivity index is 1.48. The molecule has 1 aliphatic heterocycles. The molecule has 3 nitrogen and oxygen atoms in total. The predicted octanol–water partition coefficient (Wildman–Crippen LogP) is 3.89. The maximum absolute atomic E-state index is 12.6. The maximum atomic E-state index is 12.6. The smallest absolute Gasteiger partial charge is 0.246 e. The molecule has 0 saturated carbocycles. The van der Waals surface area contributed by atoms with Gasteiger partial charge in [0.25, 0.3) is 0 Å². The van der Waals surface area contributed by atoms with Crippen LogP contribution in [0.25, 0.3) is 10.8 Å². The summed E-state index contributed by atoms with van der Waals surface area (Å²) in [6.45, 7) is 1.08. The Hall–Kier alpha value is -2.81. The number of carbonyl (C=O) groups excluding carboxylic acids is 1. The number of allylic oxidation sites excluding steroid dienone is 3. The lowest BCUT2D eigenvalue weighted by Crippen LogP contribution is -2.35. The SMILES string of the molecule is CN(CC(=O)N1C=C2CC=CC=C2C1)c1ccc2ccccc2c1. The standard InChI is InChI=1S/C21H20N2O/c1-22(20-11-10-16-6-2-3-7-17(16)12-20)15-21(24)23-13-18-8-4-5-9-19(18)14-23/h2-8,10-12,14H,9,13,15H2,1H3. The normalized spacial score (nSPS) is 16.0. The zero-order valence-corrected chi connectivity index (χ0v) is 13.8. The van der Waals surface area contributed by atoms with Crippen molar-refractivity contribution in [1.82, 2.24) is 4.90 Å². The Morgan fingerprint density at radius 2 is 1.96 bits per heavy atom. The number of hydrogen-bond acceptors (Lipinski definition) is 2. The summed E-state index contributed by atoms with van der Waals surface area (Å²) in [4.78, 5) is 16.5. The highest BCUT2D eigenvalue weighted by atomic mass is 16.2. The van der Waals surface area contributed by atoms with E-state index in [1.165, 1.54) is 21.9 Å². The number of anilines is 1. The van der Waals surface area contributed by atoms with Crippen LogP contribution in [0.2, 0.25) is 0 Å². The zero-order chi connectivity index (χ0) is 16.5. The number of nitrogens with zero attached hydrogens (tertiary/aromatic N) is 2. The molecular formula is C21H20N2O. The van der Waals surface area contributed by atoms with Crippen LogP contribution in [0.5, 0.6) is 0 Å². The molecule has 2 aliphatic rings. The lowest BCUT2D eigenvalue weighted by Gasteiger charge is -2.22. The van der Waals surface area contributed by atoms with E-state index in [9.17, 15) is 4.79 Å². The first-order valence-electron chi connectivity index (χ1n) is 8.27. The molecule has 0 atom stereocenters. The number of rotatable bonds is 3. The molecule has 2 aromatic carbocycles. The average Bonchev–Trinajstić information content (AvgIpc) is 3.05. The molecule has 0 fully saturated rings. The van der Waals surface area contributed by atoms with Gasteiger partial charge in [-0.2, -0.15) is 0 Å². The highest BCUT2D eigenvalue weighted by Crippen LogP contribution is 2.27. The van der Waals surface area contributed by atoms with Gasteiger partial charge in [-0.05, 0) is 40.5 Å². The van der Waals surface area contributed by atoms with Gasteiger partial charge in [0.1, 0.15) is 0 Å². The van der Waals surface area contributed by atoms with E-state index in [-0.39, 0.29) is 5.91 Å². The average molecular weight is 316 g/mol. The molecule has 2 aromatic rings. The first-order chi connectivity index (χ1) is 11.7. The summed E-state index contributed by atoms with van der Waals surface area (Å²) in [5.74, 6) is 0.133. The number of hydrogen-bond donors (Lipinski definition) is 0. The van der Waals surface area contributed by atoms with Crippen LogP contribution < -0.4 is 4.90 Å². The van der Waals surface area contributed by atoms with Crippen LogP contribution in [-0.4, -0.2) is 30.9 Å². The summed E-state index contributed by atoms with van der Waals surface area (Å²) >= 11 is 0. The zero-order valence-electron chi connectivity index (χ0n) is 13.8. The van der Waals surface area contributed by atoms with Crippen molar-refractivity contribution < 1.29 is 4.79 Å². The van der Waals surface area contributed by atoms with Gasteiger partial charge in [0.2, 0.25) is 5.91 Å². The molecular weight excluding hydrogens is 296 g/mol. The van der Waals surface area contributed by atoms with Crippen LogP contribution in [0, 0.1) is 0 Å². The number of amides is 1. The monoisotopic (exact) mass is 316 g/mol. The van der Waals surface area contributed by atoms with E-state index in [4.69, 9.17) is 0 Å². The number of benzene rings is 2. The van der Waals surface area contributed by atoms with E-state index in [0.29, 0.717) is 13.1 Å². The van der Waals surface area contributed by atoms with Crippen molar-refractivity contribution in [3.8, 4) is 0 Å². The minimum absolute atomic E-state index is 0.133. The van der Waals surface area contributed by atoms with Gasteiger partial charge in [-0.25, -0.2) is 0 Å². The Morgan fingerprint density at radius 1 is 1.12 bits per heavy atom. The summed E-state index contributed by atoms with van der Waals surface area (Å²) in [6.07, 6.45) is 9.24. The molecule has 1 amide bonds. The van der Waals surface area contributed by atoms with Crippen LogP contribution in [0.1, 0.15) is 6.42 Å². The fraction of sp³-hybridized carbons (Fsp3) is 0.190.